The molecule has 1 atom stereocenters. The first kappa shape index (κ1) is 14.9. The zero-order chi connectivity index (χ0) is 12.7. The number of ether oxygens (including phenoxy) is 1. The van der Waals surface area contributed by atoms with Gasteiger partial charge in [0.15, 0.2) is 0 Å². The highest BCUT2D eigenvalue weighted by Gasteiger charge is 2.18. The van der Waals surface area contributed by atoms with Gasteiger partial charge in [0.2, 0.25) is 0 Å². The molecule has 1 rings (SSSR count). The molecule has 0 spiro atoms. The van der Waals surface area contributed by atoms with Crippen molar-refractivity contribution in [3.05, 3.63) is 0 Å². The van der Waals surface area contributed by atoms with Crippen LogP contribution in [-0.2, 0) is 4.74 Å². The second-order valence-electron chi connectivity index (χ2n) is 6.36. The zero-order valence-corrected chi connectivity index (χ0v) is 12.1. The predicted molar refractivity (Wildman–Crippen MR) is 73.4 cm³/mol. The van der Waals surface area contributed by atoms with Crippen LogP contribution < -0.4 is 5.32 Å². The van der Waals surface area contributed by atoms with Gasteiger partial charge in [0.05, 0.1) is 6.10 Å². The van der Waals surface area contributed by atoms with E-state index in [4.69, 9.17) is 4.74 Å². The Hall–Kier alpha value is -0.120. The maximum Gasteiger partial charge on any atom is 0.0576 e. The average Bonchev–Trinajstić information content (AvgIpc) is 2.67. The lowest BCUT2D eigenvalue weighted by molar-refractivity contribution is 0.102. The van der Waals surface area contributed by atoms with E-state index in [2.05, 4.69) is 38.2 Å². The summed E-state index contributed by atoms with van der Waals surface area (Å²) in [5, 5.41) is 3.57. The maximum atomic E-state index is 5.62. The van der Waals surface area contributed by atoms with Gasteiger partial charge in [0.25, 0.3) is 0 Å². The summed E-state index contributed by atoms with van der Waals surface area (Å²) in [6.07, 6.45) is 5.54. The van der Waals surface area contributed by atoms with Crippen LogP contribution >= 0.6 is 0 Å². The number of hydrogen-bond donors (Lipinski definition) is 1. The van der Waals surface area contributed by atoms with Gasteiger partial charge in [-0.3, -0.25) is 0 Å². The Balaban J connectivity index is 1.99. The smallest absolute Gasteiger partial charge is 0.0576 e. The Labute approximate surface area is 107 Å². The summed E-state index contributed by atoms with van der Waals surface area (Å²) in [6, 6.07) is 0. The molecule has 0 saturated carbocycles. The lowest BCUT2D eigenvalue weighted by Crippen LogP contribution is -2.38. The van der Waals surface area contributed by atoms with Crippen LogP contribution in [0, 0.1) is 5.41 Å². The summed E-state index contributed by atoms with van der Waals surface area (Å²) >= 11 is 0. The van der Waals surface area contributed by atoms with Gasteiger partial charge in [-0.1, -0.05) is 13.8 Å². The standard InChI is InChI=1S/C14H30N2O/c1-14(2,12-16(3)4)11-15-9-5-7-13-8-6-10-17-13/h13,15H,5-12H2,1-4H3. The number of nitrogens with zero attached hydrogens (tertiary/aromatic N) is 1. The molecule has 0 aromatic rings. The molecular formula is C14H30N2O. The average molecular weight is 242 g/mol. The van der Waals surface area contributed by atoms with Crippen LogP contribution in [-0.4, -0.2) is 51.3 Å². The SMILES string of the molecule is CN(C)CC(C)(C)CNCCCC1CCCO1. The molecule has 102 valence electrons. The fraction of sp³-hybridized carbons (Fsp3) is 1.00. The van der Waals surface area contributed by atoms with Crippen LogP contribution in [0.15, 0.2) is 0 Å². The van der Waals surface area contributed by atoms with E-state index in [-0.39, 0.29) is 0 Å². The normalized spacial score (nSPS) is 21.4. The second-order valence-corrected chi connectivity index (χ2v) is 6.36. The predicted octanol–water partition coefficient (Wildman–Crippen LogP) is 2.12. The molecular weight excluding hydrogens is 212 g/mol. The van der Waals surface area contributed by atoms with Crippen molar-refractivity contribution in [2.45, 2.75) is 45.6 Å². The van der Waals surface area contributed by atoms with E-state index in [1.165, 1.54) is 25.7 Å². The molecule has 17 heavy (non-hydrogen) atoms. The molecule has 1 saturated heterocycles. The largest absolute Gasteiger partial charge is 0.378 e. The Morgan fingerprint density at radius 1 is 1.35 bits per heavy atom. The highest BCUT2D eigenvalue weighted by atomic mass is 16.5. The van der Waals surface area contributed by atoms with Crippen LogP contribution in [0.2, 0.25) is 0 Å². The molecule has 1 heterocycles. The monoisotopic (exact) mass is 242 g/mol. The number of rotatable bonds is 8. The molecule has 3 nitrogen and oxygen atoms in total. The molecule has 1 N–H and O–H groups in total. The van der Waals surface area contributed by atoms with E-state index in [9.17, 15) is 0 Å². The van der Waals surface area contributed by atoms with Crippen molar-refractivity contribution in [2.75, 3.05) is 40.3 Å². The van der Waals surface area contributed by atoms with E-state index in [1.54, 1.807) is 0 Å². The molecule has 1 fully saturated rings. The first-order valence-electron chi connectivity index (χ1n) is 6.97. The Kier molecular flexibility index (Phi) is 6.45. The fourth-order valence-electron chi connectivity index (χ4n) is 2.67. The molecule has 0 aliphatic carbocycles. The van der Waals surface area contributed by atoms with Crippen LogP contribution in [0.1, 0.15) is 39.5 Å². The summed E-state index contributed by atoms with van der Waals surface area (Å²) < 4.78 is 5.62. The molecule has 1 aliphatic heterocycles. The summed E-state index contributed by atoms with van der Waals surface area (Å²) in [5.41, 5.74) is 0.355. The van der Waals surface area contributed by atoms with Gasteiger partial charge >= 0.3 is 0 Å². The summed E-state index contributed by atoms with van der Waals surface area (Å²) in [5.74, 6) is 0. The van der Waals surface area contributed by atoms with Crippen molar-refractivity contribution >= 4 is 0 Å². The van der Waals surface area contributed by atoms with E-state index < -0.39 is 0 Å². The molecule has 0 aromatic heterocycles. The number of nitrogens with one attached hydrogen (secondary N) is 1. The minimum atomic E-state index is 0.355. The first-order valence-corrected chi connectivity index (χ1v) is 6.97. The van der Waals surface area contributed by atoms with Gasteiger partial charge in [-0.05, 0) is 51.7 Å². The Morgan fingerprint density at radius 3 is 2.71 bits per heavy atom. The first-order chi connectivity index (χ1) is 7.99. The summed E-state index contributed by atoms with van der Waals surface area (Å²) in [7, 11) is 4.28. The van der Waals surface area contributed by atoms with Crippen molar-refractivity contribution in [2.24, 2.45) is 5.41 Å². The number of hydrogen-bond acceptors (Lipinski definition) is 3. The van der Waals surface area contributed by atoms with E-state index in [1.807, 2.05) is 0 Å². The van der Waals surface area contributed by atoms with Gasteiger partial charge in [-0.15, -0.1) is 0 Å². The van der Waals surface area contributed by atoms with Gasteiger partial charge in [0.1, 0.15) is 0 Å². The van der Waals surface area contributed by atoms with Crippen molar-refractivity contribution in [1.29, 1.82) is 0 Å². The molecule has 0 radical (unpaired) electrons. The minimum Gasteiger partial charge on any atom is -0.378 e. The molecule has 0 bridgehead atoms. The van der Waals surface area contributed by atoms with Crippen LogP contribution in [0.25, 0.3) is 0 Å². The van der Waals surface area contributed by atoms with Crippen molar-refractivity contribution < 1.29 is 4.74 Å². The molecule has 3 heteroatoms. The molecule has 1 unspecified atom stereocenters. The van der Waals surface area contributed by atoms with Crippen LogP contribution in [0.3, 0.4) is 0 Å². The minimum absolute atomic E-state index is 0.355. The van der Waals surface area contributed by atoms with Gasteiger partial charge in [-0.2, -0.15) is 0 Å². The van der Waals surface area contributed by atoms with Crippen molar-refractivity contribution in [3.63, 3.8) is 0 Å². The van der Waals surface area contributed by atoms with Gasteiger partial charge in [-0.25, -0.2) is 0 Å². The summed E-state index contributed by atoms with van der Waals surface area (Å²) in [4.78, 5) is 2.26. The van der Waals surface area contributed by atoms with Crippen LogP contribution in [0.5, 0.6) is 0 Å². The van der Waals surface area contributed by atoms with E-state index in [0.717, 1.165) is 26.2 Å². The third kappa shape index (κ3) is 7.02. The van der Waals surface area contributed by atoms with E-state index in [0.29, 0.717) is 11.5 Å². The fourth-order valence-corrected chi connectivity index (χ4v) is 2.67. The van der Waals surface area contributed by atoms with Gasteiger partial charge < -0.3 is 15.0 Å². The molecule has 0 aromatic carbocycles. The topological polar surface area (TPSA) is 24.5 Å². The lowest BCUT2D eigenvalue weighted by atomic mass is 9.93. The summed E-state index contributed by atoms with van der Waals surface area (Å²) in [6.45, 7) is 8.97. The quantitative estimate of drug-likeness (QED) is 0.660. The third-order valence-corrected chi connectivity index (χ3v) is 3.25. The van der Waals surface area contributed by atoms with E-state index >= 15 is 0 Å². The maximum absolute atomic E-state index is 5.62. The van der Waals surface area contributed by atoms with Gasteiger partial charge in [0, 0.05) is 19.7 Å². The third-order valence-electron chi connectivity index (χ3n) is 3.25. The Morgan fingerprint density at radius 2 is 2.12 bits per heavy atom. The lowest BCUT2D eigenvalue weighted by Gasteiger charge is -2.28. The molecule has 1 aliphatic rings. The highest BCUT2D eigenvalue weighted by Crippen LogP contribution is 2.17. The second kappa shape index (κ2) is 7.34. The highest BCUT2D eigenvalue weighted by molar-refractivity contribution is 4.74. The van der Waals surface area contributed by atoms with Crippen molar-refractivity contribution in [3.8, 4) is 0 Å². The zero-order valence-electron chi connectivity index (χ0n) is 12.1. The van der Waals surface area contributed by atoms with Crippen LogP contribution in [0.4, 0.5) is 0 Å². The Bertz CT molecular complexity index is 198. The van der Waals surface area contributed by atoms with Crippen molar-refractivity contribution in [1.82, 2.24) is 10.2 Å². The molecule has 0 amide bonds.